The van der Waals surface area contributed by atoms with E-state index in [1.54, 1.807) is 12.1 Å². The van der Waals surface area contributed by atoms with Crippen LogP contribution in [0.5, 0.6) is 11.5 Å². The molecule has 0 spiro atoms. The second-order valence-corrected chi connectivity index (χ2v) is 10.5. The van der Waals surface area contributed by atoms with Gasteiger partial charge in [-0.2, -0.15) is 0 Å². The van der Waals surface area contributed by atoms with E-state index in [1.807, 2.05) is 36.4 Å². The van der Waals surface area contributed by atoms with Crippen molar-refractivity contribution in [2.75, 3.05) is 19.6 Å². The number of aliphatic carboxylic acids is 1. The van der Waals surface area contributed by atoms with Crippen molar-refractivity contribution in [3.8, 4) is 11.5 Å². The fourth-order valence-corrected chi connectivity index (χ4v) is 4.61. The first-order valence-electron chi connectivity index (χ1n) is 13.0. The Morgan fingerprint density at radius 2 is 1.71 bits per heavy atom. The van der Waals surface area contributed by atoms with Gasteiger partial charge in [-0.05, 0) is 83.4 Å². The van der Waals surface area contributed by atoms with Gasteiger partial charge in [0.05, 0.1) is 0 Å². The molecule has 1 heterocycles. The molecule has 2 aromatic carbocycles. The van der Waals surface area contributed by atoms with Crippen molar-refractivity contribution in [3.63, 3.8) is 0 Å². The average Bonchev–Trinajstić information content (AvgIpc) is 2.85. The van der Waals surface area contributed by atoms with Gasteiger partial charge in [-0.15, -0.1) is 0 Å². The fraction of sp³-hybridized carbons (Fsp3) is 0.483. The van der Waals surface area contributed by atoms with E-state index in [9.17, 15) is 19.5 Å². The predicted octanol–water partition coefficient (Wildman–Crippen LogP) is 4.61. The summed E-state index contributed by atoms with van der Waals surface area (Å²) in [7, 11) is 0. The van der Waals surface area contributed by atoms with Crippen molar-refractivity contribution < 1.29 is 29.0 Å². The predicted molar refractivity (Wildman–Crippen MR) is 144 cm³/mol. The van der Waals surface area contributed by atoms with Gasteiger partial charge in [0, 0.05) is 31.7 Å². The van der Waals surface area contributed by atoms with Crippen LogP contribution in [0.2, 0.25) is 0 Å². The average molecular weight is 526 g/mol. The van der Waals surface area contributed by atoms with E-state index in [1.165, 1.54) is 18.7 Å². The number of carboxylic acid groups (broad SMARTS) is 1. The van der Waals surface area contributed by atoms with Crippen LogP contribution in [0.3, 0.4) is 0 Å². The summed E-state index contributed by atoms with van der Waals surface area (Å²) >= 11 is 0. The summed E-state index contributed by atoms with van der Waals surface area (Å²) < 4.78 is 11.3. The molecule has 2 N–H and O–H groups in total. The molecule has 9 nitrogen and oxygen atoms in total. The minimum atomic E-state index is -1.74. The number of para-hydroxylation sites is 1. The highest BCUT2D eigenvalue weighted by atomic mass is 16.6. The zero-order valence-corrected chi connectivity index (χ0v) is 23.1. The highest BCUT2D eigenvalue weighted by Gasteiger charge is 2.41. The molecular formula is C29H39N3O6. The number of nitrogens with one attached hydrogen (secondary N) is 1. The Hall–Kier alpha value is -3.59. The number of amides is 2. The molecule has 3 rings (SSSR count). The largest absolute Gasteiger partial charge is 0.478 e. The van der Waals surface area contributed by atoms with Gasteiger partial charge >= 0.3 is 12.1 Å². The van der Waals surface area contributed by atoms with Crippen molar-refractivity contribution in [1.82, 2.24) is 15.1 Å². The lowest BCUT2D eigenvalue weighted by molar-refractivity contribution is -0.156. The summed E-state index contributed by atoms with van der Waals surface area (Å²) in [6.07, 6.45) is -0.388. The van der Waals surface area contributed by atoms with Crippen molar-refractivity contribution in [2.45, 2.75) is 71.7 Å². The molecule has 206 valence electrons. The number of benzene rings is 2. The Morgan fingerprint density at radius 3 is 2.32 bits per heavy atom. The summed E-state index contributed by atoms with van der Waals surface area (Å²) in [5, 5.41) is 12.4. The fourth-order valence-electron chi connectivity index (χ4n) is 4.61. The Morgan fingerprint density at radius 1 is 1.05 bits per heavy atom. The molecule has 0 fully saturated rings. The molecular weight excluding hydrogens is 486 g/mol. The summed E-state index contributed by atoms with van der Waals surface area (Å²) in [5.74, 6) is -0.296. The number of hydrogen-bond donors (Lipinski definition) is 2. The number of nitrogens with zero attached hydrogens (tertiary/aromatic N) is 2. The van der Waals surface area contributed by atoms with Crippen LogP contribution < -0.4 is 10.1 Å². The van der Waals surface area contributed by atoms with E-state index in [-0.39, 0.29) is 12.5 Å². The summed E-state index contributed by atoms with van der Waals surface area (Å²) in [5.41, 5.74) is -0.198. The maximum atomic E-state index is 13.5. The molecule has 0 bridgehead atoms. The van der Waals surface area contributed by atoms with Crippen molar-refractivity contribution in [3.05, 3.63) is 59.7 Å². The Balaban J connectivity index is 1.86. The Labute approximate surface area is 224 Å². The first-order chi connectivity index (χ1) is 17.9. The molecule has 9 heteroatoms. The summed E-state index contributed by atoms with van der Waals surface area (Å²) in [4.78, 5) is 41.8. The zero-order valence-electron chi connectivity index (χ0n) is 23.1. The molecule has 0 saturated carbocycles. The lowest BCUT2D eigenvalue weighted by Crippen LogP contribution is -2.51. The van der Waals surface area contributed by atoms with Crippen LogP contribution in [0.25, 0.3) is 0 Å². The number of carboxylic acids is 1. The van der Waals surface area contributed by atoms with Gasteiger partial charge in [-0.25, -0.2) is 9.59 Å². The number of hydrogen-bond acceptors (Lipinski definition) is 6. The molecule has 2 aromatic rings. The second-order valence-electron chi connectivity index (χ2n) is 10.5. The minimum absolute atomic E-state index is 0.193. The molecule has 38 heavy (non-hydrogen) atoms. The number of carbonyl (C=O) groups is 3. The third-order valence-electron chi connectivity index (χ3n) is 6.66. The molecule has 1 aliphatic rings. The van der Waals surface area contributed by atoms with Gasteiger partial charge in [0.1, 0.15) is 17.5 Å². The number of fused-ring (bicyclic) bond motifs is 1. The number of ether oxygens (including phenoxy) is 2. The smallest absolute Gasteiger partial charge is 0.411 e. The molecule has 2 amide bonds. The lowest BCUT2D eigenvalue weighted by Gasteiger charge is -2.37. The SMILES string of the molecule is CC(C)N(CCNC(=O)C1c2ccc(Oc3ccccc3)cc2CCN1C(=O)OC(C)(C)C(=O)O)C(C)C. The molecule has 1 unspecified atom stereocenters. The third-order valence-corrected chi connectivity index (χ3v) is 6.66. The molecule has 0 aromatic heterocycles. The van der Waals surface area contributed by atoms with Gasteiger partial charge in [-0.1, -0.05) is 24.3 Å². The third kappa shape index (κ3) is 7.04. The van der Waals surface area contributed by atoms with Gasteiger partial charge in [0.2, 0.25) is 11.5 Å². The van der Waals surface area contributed by atoms with Gasteiger partial charge in [0.25, 0.3) is 0 Å². The van der Waals surface area contributed by atoms with Crippen LogP contribution in [0.4, 0.5) is 4.79 Å². The topological polar surface area (TPSA) is 108 Å². The summed E-state index contributed by atoms with van der Waals surface area (Å²) in [6.45, 7) is 12.3. The van der Waals surface area contributed by atoms with E-state index in [2.05, 4.69) is 37.9 Å². The molecule has 0 aliphatic carbocycles. The van der Waals surface area contributed by atoms with Crippen molar-refractivity contribution in [1.29, 1.82) is 0 Å². The quantitative estimate of drug-likeness (QED) is 0.466. The molecule has 0 saturated heterocycles. The van der Waals surface area contributed by atoms with Crippen LogP contribution in [-0.2, 0) is 20.7 Å². The van der Waals surface area contributed by atoms with Crippen molar-refractivity contribution >= 4 is 18.0 Å². The lowest BCUT2D eigenvalue weighted by atomic mass is 9.92. The zero-order chi connectivity index (χ0) is 28.0. The van der Waals surface area contributed by atoms with Crippen molar-refractivity contribution in [2.24, 2.45) is 0 Å². The Bertz CT molecular complexity index is 1120. The first-order valence-corrected chi connectivity index (χ1v) is 13.0. The monoisotopic (exact) mass is 525 g/mol. The van der Waals surface area contributed by atoms with Crippen LogP contribution in [-0.4, -0.2) is 70.2 Å². The summed E-state index contributed by atoms with van der Waals surface area (Å²) in [6, 6.07) is 14.5. The van der Waals surface area contributed by atoms with E-state index >= 15 is 0 Å². The van der Waals surface area contributed by atoms with E-state index < -0.39 is 23.7 Å². The van der Waals surface area contributed by atoms with Crippen LogP contribution in [0.15, 0.2) is 48.5 Å². The van der Waals surface area contributed by atoms with E-state index in [0.29, 0.717) is 48.7 Å². The number of carbonyl (C=O) groups excluding carboxylic acids is 2. The normalized spacial score (nSPS) is 15.4. The standard InChI is InChI=1S/C29H39N3O6/c1-19(2)31(20(3)4)17-15-30-26(33)25-24-13-12-23(37-22-10-8-7-9-11-22)18-21(24)14-16-32(25)28(36)38-29(5,6)27(34)35/h7-13,18-20,25H,14-17H2,1-6H3,(H,30,33)(H,34,35). The maximum Gasteiger partial charge on any atom is 0.411 e. The molecule has 1 atom stereocenters. The highest BCUT2D eigenvalue weighted by molar-refractivity contribution is 5.89. The van der Waals surface area contributed by atoms with E-state index in [0.717, 1.165) is 5.56 Å². The van der Waals surface area contributed by atoms with Gasteiger partial charge < -0.3 is 19.9 Å². The first kappa shape index (κ1) is 29.0. The van der Waals surface area contributed by atoms with Crippen LogP contribution in [0.1, 0.15) is 58.7 Å². The molecule has 0 radical (unpaired) electrons. The van der Waals surface area contributed by atoms with Crippen LogP contribution in [0, 0.1) is 0 Å². The molecule has 1 aliphatic heterocycles. The van der Waals surface area contributed by atoms with Gasteiger partial charge in [0.15, 0.2) is 0 Å². The second kappa shape index (κ2) is 12.3. The van der Waals surface area contributed by atoms with Crippen LogP contribution >= 0.6 is 0 Å². The van der Waals surface area contributed by atoms with E-state index in [4.69, 9.17) is 9.47 Å². The Kier molecular flexibility index (Phi) is 9.38. The van der Waals surface area contributed by atoms with Gasteiger partial charge in [-0.3, -0.25) is 14.6 Å². The highest BCUT2D eigenvalue weighted by Crippen LogP contribution is 2.34. The maximum absolute atomic E-state index is 13.5. The minimum Gasteiger partial charge on any atom is -0.478 e. The number of rotatable bonds is 10.